The molecule has 1 aromatic heterocycles. The number of aryl methyl sites for hydroxylation is 1. The summed E-state index contributed by atoms with van der Waals surface area (Å²) in [6.45, 7) is 7.74. The molecule has 0 saturated heterocycles. The molecule has 0 radical (unpaired) electrons. The van der Waals surface area contributed by atoms with Gasteiger partial charge in [0.15, 0.2) is 0 Å². The predicted molar refractivity (Wildman–Crippen MR) is 78.7 cm³/mol. The molecule has 0 aliphatic heterocycles. The molecule has 0 aromatic carbocycles. The van der Waals surface area contributed by atoms with Crippen molar-refractivity contribution in [3.8, 4) is 0 Å². The van der Waals surface area contributed by atoms with E-state index < -0.39 is 0 Å². The summed E-state index contributed by atoms with van der Waals surface area (Å²) in [6, 6.07) is 0.628. The Morgan fingerprint density at radius 3 is 2.79 bits per heavy atom. The van der Waals surface area contributed by atoms with Crippen molar-refractivity contribution in [1.29, 1.82) is 0 Å². The van der Waals surface area contributed by atoms with E-state index in [-0.39, 0.29) is 0 Å². The zero-order valence-corrected chi connectivity index (χ0v) is 12.5. The van der Waals surface area contributed by atoms with E-state index in [1.54, 1.807) is 0 Å². The molecule has 1 fully saturated rings. The molecule has 1 saturated carbocycles. The molecule has 1 heterocycles. The number of hydrogen-bond donors (Lipinski definition) is 1. The van der Waals surface area contributed by atoms with Crippen molar-refractivity contribution in [1.82, 2.24) is 9.55 Å². The summed E-state index contributed by atoms with van der Waals surface area (Å²) >= 11 is 0. The molecular formula is C15H27N3O. The fraction of sp³-hybridized carbons (Fsp3) is 0.800. The number of imidazole rings is 1. The average Bonchev–Trinajstić information content (AvgIpc) is 2.77. The maximum Gasteiger partial charge on any atom is 0.203 e. The van der Waals surface area contributed by atoms with Gasteiger partial charge in [-0.25, -0.2) is 4.98 Å². The summed E-state index contributed by atoms with van der Waals surface area (Å²) in [4.78, 5) is 4.60. The molecule has 4 nitrogen and oxygen atoms in total. The van der Waals surface area contributed by atoms with Gasteiger partial charge in [-0.1, -0.05) is 19.3 Å². The minimum Gasteiger partial charge on any atom is -0.377 e. The van der Waals surface area contributed by atoms with Crippen LogP contribution in [0.1, 0.15) is 57.7 Å². The van der Waals surface area contributed by atoms with Crippen molar-refractivity contribution in [3.05, 3.63) is 11.9 Å². The molecule has 4 heteroatoms. The fourth-order valence-corrected chi connectivity index (χ4v) is 2.74. The number of aromatic nitrogens is 2. The smallest absolute Gasteiger partial charge is 0.203 e. The highest BCUT2D eigenvalue weighted by Gasteiger charge is 2.18. The molecular weight excluding hydrogens is 238 g/mol. The highest BCUT2D eigenvalue weighted by molar-refractivity contribution is 5.29. The van der Waals surface area contributed by atoms with Crippen LogP contribution >= 0.6 is 0 Å². The Morgan fingerprint density at radius 1 is 1.37 bits per heavy atom. The highest BCUT2D eigenvalue weighted by atomic mass is 16.5. The van der Waals surface area contributed by atoms with Gasteiger partial charge in [0.2, 0.25) is 5.95 Å². The van der Waals surface area contributed by atoms with Crippen LogP contribution in [0.4, 0.5) is 5.95 Å². The van der Waals surface area contributed by atoms with Crippen LogP contribution < -0.4 is 5.32 Å². The van der Waals surface area contributed by atoms with Gasteiger partial charge < -0.3 is 14.6 Å². The van der Waals surface area contributed by atoms with Crippen molar-refractivity contribution in [2.45, 2.75) is 65.0 Å². The first kappa shape index (κ1) is 14.4. The van der Waals surface area contributed by atoms with E-state index in [1.807, 2.05) is 0 Å². The van der Waals surface area contributed by atoms with Gasteiger partial charge in [0.1, 0.15) is 0 Å². The first-order chi connectivity index (χ1) is 9.16. The molecule has 19 heavy (non-hydrogen) atoms. The second-order valence-corrected chi connectivity index (χ2v) is 5.75. The van der Waals surface area contributed by atoms with Gasteiger partial charge in [0, 0.05) is 18.8 Å². The monoisotopic (exact) mass is 265 g/mol. The fourth-order valence-electron chi connectivity index (χ4n) is 2.74. The quantitative estimate of drug-likeness (QED) is 0.800. The number of nitrogens with one attached hydrogen (secondary N) is 1. The van der Waals surface area contributed by atoms with E-state index >= 15 is 0 Å². The Morgan fingerprint density at radius 2 is 2.11 bits per heavy atom. The third-order valence-corrected chi connectivity index (χ3v) is 3.66. The van der Waals surface area contributed by atoms with Gasteiger partial charge in [-0.05, 0) is 33.6 Å². The van der Waals surface area contributed by atoms with Crippen LogP contribution in [0.2, 0.25) is 0 Å². The van der Waals surface area contributed by atoms with Crippen molar-refractivity contribution < 1.29 is 4.74 Å². The van der Waals surface area contributed by atoms with Crippen LogP contribution in [0.5, 0.6) is 0 Å². The molecule has 1 aliphatic rings. The van der Waals surface area contributed by atoms with Crippen LogP contribution in [0.15, 0.2) is 6.20 Å². The Bertz CT molecular complexity index is 381. The third kappa shape index (κ3) is 4.23. The van der Waals surface area contributed by atoms with Crippen LogP contribution in [-0.2, 0) is 4.74 Å². The third-order valence-electron chi connectivity index (χ3n) is 3.66. The van der Waals surface area contributed by atoms with Crippen LogP contribution in [0, 0.1) is 6.92 Å². The lowest BCUT2D eigenvalue weighted by Crippen LogP contribution is -2.18. The lowest BCUT2D eigenvalue weighted by molar-refractivity contribution is 0.0869. The largest absolute Gasteiger partial charge is 0.377 e. The zero-order valence-electron chi connectivity index (χ0n) is 12.5. The van der Waals surface area contributed by atoms with E-state index in [0.717, 1.165) is 24.8 Å². The van der Waals surface area contributed by atoms with E-state index in [9.17, 15) is 0 Å². The molecule has 0 bridgehead atoms. The molecule has 1 aliphatic carbocycles. The molecule has 108 valence electrons. The number of nitrogens with zero attached hydrogens (tertiary/aromatic N) is 2. The second kappa shape index (κ2) is 6.94. The first-order valence-corrected chi connectivity index (χ1v) is 7.58. The first-order valence-electron chi connectivity index (χ1n) is 7.58. The van der Waals surface area contributed by atoms with Gasteiger partial charge in [-0.15, -0.1) is 0 Å². The Labute approximate surface area is 116 Å². The summed E-state index contributed by atoms with van der Waals surface area (Å²) < 4.78 is 7.89. The maximum absolute atomic E-state index is 5.56. The van der Waals surface area contributed by atoms with Gasteiger partial charge in [0.05, 0.1) is 18.4 Å². The van der Waals surface area contributed by atoms with Crippen molar-refractivity contribution in [3.63, 3.8) is 0 Å². The normalized spacial score (nSPS) is 17.1. The number of hydrogen-bond acceptors (Lipinski definition) is 3. The van der Waals surface area contributed by atoms with Crippen LogP contribution in [0.25, 0.3) is 0 Å². The number of anilines is 1. The summed E-state index contributed by atoms with van der Waals surface area (Å²) in [6.07, 6.45) is 9.12. The number of ether oxygens (including phenoxy) is 1. The second-order valence-electron chi connectivity index (χ2n) is 5.75. The molecule has 2 rings (SSSR count). The van der Waals surface area contributed by atoms with Gasteiger partial charge in [-0.3, -0.25) is 0 Å². The lowest BCUT2D eigenvalue weighted by Gasteiger charge is -2.24. The van der Waals surface area contributed by atoms with Crippen molar-refractivity contribution >= 4 is 5.95 Å². The Balaban J connectivity index is 1.91. The molecule has 0 atom stereocenters. The highest BCUT2D eigenvalue weighted by Crippen LogP contribution is 2.30. The Kier molecular flexibility index (Phi) is 5.25. The number of rotatable bonds is 6. The van der Waals surface area contributed by atoms with Crippen molar-refractivity contribution in [2.24, 2.45) is 0 Å². The molecule has 1 N–H and O–H groups in total. The minimum atomic E-state index is 0.293. The van der Waals surface area contributed by atoms with E-state index in [4.69, 9.17) is 4.74 Å². The van der Waals surface area contributed by atoms with Gasteiger partial charge in [-0.2, -0.15) is 0 Å². The summed E-state index contributed by atoms with van der Waals surface area (Å²) in [5.74, 6) is 1.01. The lowest BCUT2D eigenvalue weighted by atomic mass is 9.95. The summed E-state index contributed by atoms with van der Waals surface area (Å²) in [7, 11) is 0. The van der Waals surface area contributed by atoms with Gasteiger partial charge in [0.25, 0.3) is 0 Å². The predicted octanol–water partition coefficient (Wildman–Crippen LogP) is 3.53. The van der Waals surface area contributed by atoms with E-state index in [1.165, 1.54) is 32.1 Å². The van der Waals surface area contributed by atoms with E-state index in [2.05, 4.69) is 41.8 Å². The molecule has 0 unspecified atom stereocenters. The summed E-state index contributed by atoms with van der Waals surface area (Å²) in [5.41, 5.74) is 1.10. The maximum atomic E-state index is 5.56. The molecule has 1 aromatic rings. The van der Waals surface area contributed by atoms with Crippen LogP contribution in [0.3, 0.4) is 0 Å². The zero-order chi connectivity index (χ0) is 13.7. The minimum absolute atomic E-state index is 0.293. The Hall–Kier alpha value is -1.03. The summed E-state index contributed by atoms with van der Waals surface area (Å²) in [5, 5.41) is 3.41. The SMILES string of the molecule is Cc1cn(C2CCCCC2)c(NCCOC(C)C)n1. The standard InChI is InChI=1S/C15H27N3O/c1-12(2)19-10-9-16-15-17-13(3)11-18(15)14-7-5-4-6-8-14/h11-12,14H,4-10H2,1-3H3,(H,16,17). The van der Waals surface area contributed by atoms with E-state index in [0.29, 0.717) is 12.1 Å². The van der Waals surface area contributed by atoms with Crippen LogP contribution in [-0.4, -0.2) is 28.8 Å². The van der Waals surface area contributed by atoms with Crippen molar-refractivity contribution in [2.75, 3.05) is 18.5 Å². The molecule has 0 amide bonds. The topological polar surface area (TPSA) is 39.1 Å². The van der Waals surface area contributed by atoms with Gasteiger partial charge >= 0.3 is 0 Å². The molecule has 0 spiro atoms. The average molecular weight is 265 g/mol.